The molecule has 4 nitrogen and oxygen atoms in total. The van der Waals surface area contributed by atoms with Crippen LogP contribution >= 0.6 is 0 Å². The molecule has 0 bridgehead atoms. The first-order valence-electron chi connectivity index (χ1n) is 4.97. The zero-order valence-electron chi connectivity index (χ0n) is 9.18. The van der Waals surface area contributed by atoms with Crippen LogP contribution in [-0.4, -0.2) is 27.3 Å². The number of benzene rings is 1. The first-order valence-corrected chi connectivity index (χ1v) is 6.62. The van der Waals surface area contributed by atoms with Crippen LogP contribution < -0.4 is 5.32 Å². The van der Waals surface area contributed by atoms with Crippen molar-refractivity contribution in [2.24, 2.45) is 0 Å². The molecule has 0 aliphatic rings. The van der Waals surface area contributed by atoms with Gasteiger partial charge in [-0.3, -0.25) is 0 Å². The molecule has 0 unspecified atom stereocenters. The van der Waals surface area contributed by atoms with Gasteiger partial charge in [-0.2, -0.15) is 5.26 Å². The Kier molecular flexibility index (Phi) is 4.71. The molecule has 0 atom stereocenters. The molecular formula is C12H12N2O2S. The minimum absolute atomic E-state index is 0.0381. The third kappa shape index (κ3) is 3.92. The summed E-state index contributed by atoms with van der Waals surface area (Å²) in [5.41, 5.74) is 0.336. The van der Waals surface area contributed by atoms with Crippen LogP contribution in [0.1, 0.15) is 5.56 Å². The summed E-state index contributed by atoms with van der Waals surface area (Å²) in [4.78, 5) is 0.166. The van der Waals surface area contributed by atoms with Crippen LogP contribution in [0.25, 0.3) is 0 Å². The minimum atomic E-state index is -3.36. The predicted octanol–water partition coefficient (Wildman–Crippen LogP) is 0.555. The van der Waals surface area contributed by atoms with Gasteiger partial charge in [0.1, 0.15) is 0 Å². The van der Waals surface area contributed by atoms with Crippen molar-refractivity contribution in [2.75, 3.05) is 18.8 Å². The highest BCUT2D eigenvalue weighted by molar-refractivity contribution is 7.91. The van der Waals surface area contributed by atoms with E-state index in [9.17, 15) is 8.42 Å². The SMILES string of the molecule is C#CCNCCS(=O)(=O)c1cccc(C#N)c1. The van der Waals surface area contributed by atoms with Crippen molar-refractivity contribution >= 4 is 9.84 Å². The van der Waals surface area contributed by atoms with E-state index in [1.54, 1.807) is 12.1 Å². The summed E-state index contributed by atoms with van der Waals surface area (Å²) in [5, 5.41) is 11.5. The number of hydrogen-bond donors (Lipinski definition) is 1. The highest BCUT2D eigenvalue weighted by Crippen LogP contribution is 2.12. The molecule has 0 saturated carbocycles. The fourth-order valence-electron chi connectivity index (χ4n) is 1.24. The third-order valence-electron chi connectivity index (χ3n) is 2.10. The Hall–Kier alpha value is -1.82. The van der Waals surface area contributed by atoms with Crippen LogP contribution in [0.3, 0.4) is 0 Å². The second-order valence-electron chi connectivity index (χ2n) is 3.34. The fourth-order valence-corrected chi connectivity index (χ4v) is 2.49. The molecule has 1 aromatic rings. The Bertz CT molecular complexity index is 565. The van der Waals surface area contributed by atoms with E-state index in [-0.39, 0.29) is 10.6 Å². The average Bonchev–Trinajstić information content (AvgIpc) is 2.35. The first kappa shape index (κ1) is 13.2. The second-order valence-corrected chi connectivity index (χ2v) is 5.45. The van der Waals surface area contributed by atoms with Gasteiger partial charge < -0.3 is 5.32 Å². The monoisotopic (exact) mass is 248 g/mol. The highest BCUT2D eigenvalue weighted by Gasteiger charge is 2.13. The predicted molar refractivity (Wildman–Crippen MR) is 64.9 cm³/mol. The van der Waals surface area contributed by atoms with Crippen molar-refractivity contribution in [1.29, 1.82) is 5.26 Å². The summed E-state index contributed by atoms with van der Waals surface area (Å²) in [7, 11) is -3.36. The van der Waals surface area contributed by atoms with E-state index in [0.717, 1.165) is 0 Å². The summed E-state index contributed by atoms with van der Waals surface area (Å²) < 4.78 is 23.7. The Balaban J connectivity index is 2.77. The standard InChI is InChI=1S/C12H12N2O2S/c1-2-6-14-7-8-17(15,16)12-5-3-4-11(9-12)10-13/h1,3-5,9,14H,6-8H2. The van der Waals surface area contributed by atoms with Gasteiger partial charge in [-0.05, 0) is 18.2 Å². The van der Waals surface area contributed by atoms with Crippen LogP contribution in [0.4, 0.5) is 0 Å². The van der Waals surface area contributed by atoms with Crippen LogP contribution in [0, 0.1) is 23.7 Å². The number of rotatable bonds is 5. The lowest BCUT2D eigenvalue weighted by Crippen LogP contribution is -2.23. The molecule has 88 valence electrons. The molecule has 1 aromatic carbocycles. The molecule has 1 N–H and O–H groups in total. The van der Waals surface area contributed by atoms with E-state index in [1.807, 2.05) is 6.07 Å². The quantitative estimate of drug-likeness (QED) is 0.610. The van der Waals surface area contributed by atoms with Gasteiger partial charge in [-0.25, -0.2) is 8.42 Å². The number of nitrogens with zero attached hydrogens (tertiary/aromatic N) is 1. The van der Waals surface area contributed by atoms with Gasteiger partial charge in [0.05, 0.1) is 28.8 Å². The maximum atomic E-state index is 11.9. The lowest BCUT2D eigenvalue weighted by Gasteiger charge is -2.04. The summed E-state index contributed by atoms with van der Waals surface area (Å²) >= 11 is 0. The molecule has 0 aliphatic heterocycles. The Morgan fingerprint density at radius 2 is 2.18 bits per heavy atom. The smallest absolute Gasteiger partial charge is 0.179 e. The summed E-state index contributed by atoms with van der Waals surface area (Å²) in [6.07, 6.45) is 5.03. The zero-order chi connectivity index (χ0) is 12.7. The molecule has 0 fully saturated rings. The zero-order valence-corrected chi connectivity index (χ0v) is 10.00. The van der Waals surface area contributed by atoms with Crippen molar-refractivity contribution in [1.82, 2.24) is 5.32 Å². The van der Waals surface area contributed by atoms with Gasteiger partial charge >= 0.3 is 0 Å². The maximum Gasteiger partial charge on any atom is 0.179 e. The number of nitrogens with one attached hydrogen (secondary N) is 1. The van der Waals surface area contributed by atoms with E-state index < -0.39 is 9.84 Å². The molecule has 0 spiro atoms. The molecule has 0 aliphatic carbocycles. The Morgan fingerprint density at radius 1 is 1.41 bits per heavy atom. The molecule has 5 heteroatoms. The molecule has 1 rings (SSSR count). The molecule has 0 heterocycles. The number of hydrogen-bond acceptors (Lipinski definition) is 4. The van der Waals surface area contributed by atoms with E-state index in [2.05, 4.69) is 11.2 Å². The first-order chi connectivity index (χ1) is 8.10. The van der Waals surface area contributed by atoms with E-state index >= 15 is 0 Å². The van der Waals surface area contributed by atoms with Crippen molar-refractivity contribution in [3.63, 3.8) is 0 Å². The topological polar surface area (TPSA) is 70.0 Å². The molecular weight excluding hydrogens is 236 g/mol. The van der Waals surface area contributed by atoms with Gasteiger partial charge in [0, 0.05) is 6.54 Å². The maximum absolute atomic E-state index is 11.9. The van der Waals surface area contributed by atoms with E-state index in [1.165, 1.54) is 12.1 Å². The van der Waals surface area contributed by atoms with Crippen LogP contribution in [-0.2, 0) is 9.84 Å². The molecule has 0 aromatic heterocycles. The number of nitriles is 1. The van der Waals surface area contributed by atoms with Crippen molar-refractivity contribution in [2.45, 2.75) is 4.90 Å². The summed E-state index contributed by atoms with van der Waals surface area (Å²) in [6, 6.07) is 7.89. The normalized spacial score (nSPS) is 10.5. The van der Waals surface area contributed by atoms with Gasteiger partial charge in [-0.15, -0.1) is 6.42 Å². The average molecular weight is 248 g/mol. The fraction of sp³-hybridized carbons (Fsp3) is 0.250. The number of sulfone groups is 1. The van der Waals surface area contributed by atoms with Gasteiger partial charge in [0.25, 0.3) is 0 Å². The molecule has 17 heavy (non-hydrogen) atoms. The van der Waals surface area contributed by atoms with Crippen LogP contribution in [0.2, 0.25) is 0 Å². The lowest BCUT2D eigenvalue weighted by atomic mass is 10.2. The van der Waals surface area contributed by atoms with Gasteiger partial charge in [0.2, 0.25) is 0 Å². The Labute approximate surface area is 101 Å². The highest BCUT2D eigenvalue weighted by atomic mass is 32.2. The largest absolute Gasteiger partial charge is 0.305 e. The molecule has 0 radical (unpaired) electrons. The van der Waals surface area contributed by atoms with Crippen LogP contribution in [0.5, 0.6) is 0 Å². The second kappa shape index (κ2) is 6.05. The van der Waals surface area contributed by atoms with Gasteiger partial charge in [-0.1, -0.05) is 12.0 Å². The Morgan fingerprint density at radius 3 is 2.82 bits per heavy atom. The molecule has 0 saturated heterocycles. The summed E-state index contributed by atoms with van der Waals surface area (Å²) in [6.45, 7) is 0.636. The minimum Gasteiger partial charge on any atom is -0.305 e. The third-order valence-corrected chi connectivity index (χ3v) is 3.81. The van der Waals surface area contributed by atoms with Crippen LogP contribution in [0.15, 0.2) is 29.2 Å². The van der Waals surface area contributed by atoms with Crippen molar-refractivity contribution in [3.8, 4) is 18.4 Å². The van der Waals surface area contributed by atoms with Crippen molar-refractivity contribution < 1.29 is 8.42 Å². The molecule has 0 amide bonds. The van der Waals surface area contributed by atoms with Gasteiger partial charge in [0.15, 0.2) is 9.84 Å². The van der Waals surface area contributed by atoms with Crippen molar-refractivity contribution in [3.05, 3.63) is 29.8 Å². The lowest BCUT2D eigenvalue weighted by molar-refractivity contribution is 0.593. The number of terminal acetylenes is 1. The summed E-state index contributed by atoms with van der Waals surface area (Å²) in [5.74, 6) is 2.32. The van der Waals surface area contributed by atoms with E-state index in [0.29, 0.717) is 18.7 Å². The van der Waals surface area contributed by atoms with E-state index in [4.69, 9.17) is 11.7 Å².